The van der Waals surface area contributed by atoms with Gasteiger partial charge < -0.3 is 24.4 Å². The number of nitrogens with zero attached hydrogens (tertiary/aromatic N) is 2. The standard InChI is InChI=1S/C30H39N3O6/c1-7-10-11-16-38-29(36)32-25(30(4,5)6)27(34)33-19-22(18-24(33)28(35)37-9-3)39-26-23-17-20(8-2)12-13-21(23)14-15-31-26/h7-8,12-15,17,22,24-25H,1-2,9-11,16,18-19H2,3-6H3,(H,32,36)/t22-,24+,25-/m1/s1. The number of carbonyl (C=O) groups excluding carboxylic acids is 3. The number of rotatable bonds is 11. The van der Waals surface area contributed by atoms with E-state index in [0.717, 1.165) is 16.3 Å². The fourth-order valence-corrected chi connectivity index (χ4v) is 4.49. The molecule has 9 nitrogen and oxygen atoms in total. The van der Waals surface area contributed by atoms with Crippen molar-refractivity contribution in [2.24, 2.45) is 5.41 Å². The predicted octanol–water partition coefficient (Wildman–Crippen LogP) is 4.90. The van der Waals surface area contributed by atoms with Crippen molar-refractivity contribution in [3.63, 3.8) is 0 Å². The number of fused-ring (bicyclic) bond motifs is 1. The number of carbonyl (C=O) groups is 3. The first kappa shape index (κ1) is 29.7. The number of ether oxygens (including phenoxy) is 3. The molecule has 1 N–H and O–H groups in total. The van der Waals surface area contributed by atoms with E-state index in [1.54, 1.807) is 25.3 Å². The summed E-state index contributed by atoms with van der Waals surface area (Å²) < 4.78 is 16.8. The third kappa shape index (κ3) is 7.59. The summed E-state index contributed by atoms with van der Waals surface area (Å²) in [5.41, 5.74) is 0.261. The highest BCUT2D eigenvalue weighted by Gasteiger charge is 2.46. The lowest BCUT2D eigenvalue weighted by Crippen LogP contribution is -2.57. The molecule has 3 rings (SSSR count). The Morgan fingerprint density at radius 2 is 1.97 bits per heavy atom. The summed E-state index contributed by atoms with van der Waals surface area (Å²) in [5.74, 6) is -0.516. The number of aromatic nitrogens is 1. The third-order valence-electron chi connectivity index (χ3n) is 6.53. The number of pyridine rings is 1. The first-order chi connectivity index (χ1) is 18.6. The maximum atomic E-state index is 13.9. The zero-order valence-corrected chi connectivity index (χ0v) is 23.3. The van der Waals surface area contributed by atoms with E-state index in [-0.39, 0.29) is 26.2 Å². The van der Waals surface area contributed by atoms with Gasteiger partial charge in [-0.2, -0.15) is 0 Å². The van der Waals surface area contributed by atoms with Gasteiger partial charge in [-0.3, -0.25) is 4.79 Å². The third-order valence-corrected chi connectivity index (χ3v) is 6.53. The van der Waals surface area contributed by atoms with Gasteiger partial charge in [0, 0.05) is 18.0 Å². The monoisotopic (exact) mass is 537 g/mol. The lowest BCUT2D eigenvalue weighted by atomic mass is 9.85. The van der Waals surface area contributed by atoms with Crippen LogP contribution in [0.4, 0.5) is 4.79 Å². The van der Waals surface area contributed by atoms with Crippen molar-refractivity contribution in [3.05, 3.63) is 55.3 Å². The smallest absolute Gasteiger partial charge is 0.407 e. The maximum Gasteiger partial charge on any atom is 0.407 e. The number of hydrogen-bond acceptors (Lipinski definition) is 7. The molecule has 3 atom stereocenters. The van der Waals surface area contributed by atoms with Gasteiger partial charge >= 0.3 is 12.1 Å². The summed E-state index contributed by atoms with van der Waals surface area (Å²) in [4.78, 5) is 45.2. The zero-order chi connectivity index (χ0) is 28.6. The molecule has 0 bridgehead atoms. The minimum Gasteiger partial charge on any atom is -0.472 e. The maximum absolute atomic E-state index is 13.9. The number of likely N-dealkylation sites (tertiary alicyclic amines) is 1. The SMILES string of the molecule is C=CCCCOC(=O)N[C@H](C(=O)N1C[C@H](Oc2nccc3ccc(C=C)cc23)C[C@H]1C(=O)OCC)C(C)(C)C. The van der Waals surface area contributed by atoms with Crippen LogP contribution in [0.2, 0.25) is 0 Å². The molecular formula is C30H39N3O6. The molecule has 210 valence electrons. The Hall–Kier alpha value is -3.88. The van der Waals surface area contributed by atoms with Crippen LogP contribution in [0, 0.1) is 5.41 Å². The van der Waals surface area contributed by atoms with Crippen LogP contribution < -0.4 is 10.1 Å². The van der Waals surface area contributed by atoms with E-state index in [1.807, 2.05) is 45.0 Å². The van der Waals surface area contributed by atoms with Gasteiger partial charge in [-0.15, -0.1) is 6.58 Å². The molecule has 1 fully saturated rings. The van der Waals surface area contributed by atoms with Crippen LogP contribution in [0.5, 0.6) is 5.88 Å². The fraction of sp³-hybridized carbons (Fsp3) is 0.467. The highest BCUT2D eigenvalue weighted by atomic mass is 16.5. The largest absolute Gasteiger partial charge is 0.472 e. The van der Waals surface area contributed by atoms with Crippen molar-refractivity contribution in [3.8, 4) is 5.88 Å². The summed E-state index contributed by atoms with van der Waals surface area (Å²) >= 11 is 0. The van der Waals surface area contributed by atoms with Gasteiger partial charge in [-0.25, -0.2) is 14.6 Å². The number of benzene rings is 1. The minimum absolute atomic E-state index is 0.129. The van der Waals surface area contributed by atoms with E-state index in [1.165, 1.54) is 4.90 Å². The fourth-order valence-electron chi connectivity index (χ4n) is 4.49. The van der Waals surface area contributed by atoms with Crippen molar-refractivity contribution in [2.45, 2.75) is 65.1 Å². The van der Waals surface area contributed by atoms with Crippen molar-refractivity contribution in [2.75, 3.05) is 19.8 Å². The second-order valence-corrected chi connectivity index (χ2v) is 10.5. The first-order valence-electron chi connectivity index (χ1n) is 13.3. The molecule has 9 heteroatoms. The Morgan fingerprint density at radius 3 is 2.64 bits per heavy atom. The summed E-state index contributed by atoms with van der Waals surface area (Å²) in [6.45, 7) is 15.2. The van der Waals surface area contributed by atoms with Crippen molar-refractivity contribution >= 4 is 34.8 Å². The highest BCUT2D eigenvalue weighted by Crippen LogP contribution is 2.31. The second kappa shape index (κ2) is 13.3. The Morgan fingerprint density at radius 1 is 1.21 bits per heavy atom. The van der Waals surface area contributed by atoms with Crippen LogP contribution in [0.1, 0.15) is 52.5 Å². The zero-order valence-electron chi connectivity index (χ0n) is 23.3. The summed E-state index contributed by atoms with van der Waals surface area (Å²) in [6, 6.07) is 5.93. The molecule has 0 saturated carbocycles. The number of unbranched alkanes of at least 4 members (excludes halogenated alkanes) is 1. The minimum atomic E-state index is -0.939. The lowest BCUT2D eigenvalue weighted by Gasteiger charge is -2.34. The number of hydrogen-bond donors (Lipinski definition) is 1. The second-order valence-electron chi connectivity index (χ2n) is 10.5. The quantitative estimate of drug-likeness (QED) is 0.247. The number of allylic oxidation sites excluding steroid dienone is 1. The molecule has 1 aromatic heterocycles. The van der Waals surface area contributed by atoms with Gasteiger partial charge in [0.15, 0.2) is 0 Å². The number of nitrogens with one attached hydrogen (secondary N) is 1. The Labute approximate surface area is 230 Å². The van der Waals surface area contributed by atoms with Crippen LogP contribution in [0.15, 0.2) is 49.7 Å². The van der Waals surface area contributed by atoms with Gasteiger partial charge in [0.25, 0.3) is 0 Å². The Balaban J connectivity index is 1.84. The van der Waals surface area contributed by atoms with Crippen molar-refractivity contribution in [1.82, 2.24) is 15.2 Å². The summed E-state index contributed by atoms with van der Waals surface area (Å²) in [7, 11) is 0. The van der Waals surface area contributed by atoms with Gasteiger partial charge in [0.05, 0.1) is 19.8 Å². The van der Waals surface area contributed by atoms with Crippen LogP contribution >= 0.6 is 0 Å². The molecular weight excluding hydrogens is 498 g/mol. The average molecular weight is 538 g/mol. The van der Waals surface area contributed by atoms with E-state index < -0.39 is 41.6 Å². The number of amides is 2. The van der Waals surface area contributed by atoms with Crippen LogP contribution in [0.3, 0.4) is 0 Å². The number of alkyl carbamates (subject to hydrolysis) is 1. The molecule has 2 aromatic rings. The molecule has 2 heterocycles. The molecule has 0 aliphatic carbocycles. The molecule has 2 amide bonds. The molecule has 1 aliphatic rings. The molecule has 39 heavy (non-hydrogen) atoms. The van der Waals surface area contributed by atoms with E-state index in [4.69, 9.17) is 14.2 Å². The van der Waals surface area contributed by atoms with E-state index in [9.17, 15) is 14.4 Å². The van der Waals surface area contributed by atoms with E-state index >= 15 is 0 Å². The predicted molar refractivity (Wildman–Crippen MR) is 150 cm³/mol. The Bertz CT molecular complexity index is 1200. The normalized spacial score (nSPS) is 17.8. The average Bonchev–Trinajstić information content (AvgIpc) is 3.33. The van der Waals surface area contributed by atoms with Gasteiger partial charge in [-0.1, -0.05) is 51.6 Å². The van der Waals surface area contributed by atoms with Gasteiger partial charge in [0.1, 0.15) is 18.2 Å². The molecule has 1 saturated heterocycles. The molecule has 0 spiro atoms. The summed E-state index contributed by atoms with van der Waals surface area (Å²) in [5, 5.41) is 4.46. The van der Waals surface area contributed by atoms with E-state index in [2.05, 4.69) is 23.5 Å². The molecule has 1 aliphatic heterocycles. The van der Waals surface area contributed by atoms with Crippen LogP contribution in [-0.4, -0.2) is 65.8 Å². The van der Waals surface area contributed by atoms with Crippen LogP contribution in [-0.2, 0) is 19.1 Å². The molecule has 0 radical (unpaired) electrons. The Kier molecular flexibility index (Phi) is 10.1. The first-order valence-corrected chi connectivity index (χ1v) is 13.3. The van der Waals surface area contributed by atoms with Gasteiger partial charge in [-0.05, 0) is 48.3 Å². The van der Waals surface area contributed by atoms with Gasteiger partial charge in [0.2, 0.25) is 11.8 Å². The van der Waals surface area contributed by atoms with Crippen molar-refractivity contribution < 1.29 is 28.6 Å². The number of esters is 1. The van der Waals surface area contributed by atoms with Crippen LogP contribution in [0.25, 0.3) is 16.8 Å². The molecule has 0 unspecified atom stereocenters. The molecule has 1 aromatic carbocycles. The topological polar surface area (TPSA) is 107 Å². The lowest BCUT2D eigenvalue weighted by molar-refractivity contribution is -0.154. The summed E-state index contributed by atoms with van der Waals surface area (Å²) in [6.07, 6.45) is 5.52. The van der Waals surface area contributed by atoms with E-state index in [0.29, 0.717) is 18.7 Å². The van der Waals surface area contributed by atoms with Crippen molar-refractivity contribution in [1.29, 1.82) is 0 Å². The highest BCUT2D eigenvalue weighted by molar-refractivity contribution is 5.91.